The summed E-state index contributed by atoms with van der Waals surface area (Å²) < 4.78 is 5.40. The van der Waals surface area contributed by atoms with Crippen LogP contribution in [0.2, 0.25) is 10.2 Å². The van der Waals surface area contributed by atoms with E-state index in [0.29, 0.717) is 29.8 Å². The van der Waals surface area contributed by atoms with E-state index in [0.717, 1.165) is 5.56 Å². The Bertz CT molecular complexity index is 531. The topological polar surface area (TPSA) is 54.5 Å². The largest absolute Gasteiger partial charge is 0.444 e. The van der Waals surface area contributed by atoms with Crippen LogP contribution in [-0.4, -0.2) is 41.2 Å². The number of aromatic nitrogens is 1. The Morgan fingerprint density at radius 2 is 2.19 bits per heavy atom. The minimum Gasteiger partial charge on any atom is -0.444 e. The van der Waals surface area contributed by atoms with Crippen LogP contribution < -0.4 is 5.32 Å². The number of rotatable bonds is 1. The molecule has 116 valence electrons. The molecular formula is C14H19Cl2N3O2. The molecule has 1 N–H and O–H groups in total. The van der Waals surface area contributed by atoms with Gasteiger partial charge in [0.1, 0.15) is 10.8 Å². The van der Waals surface area contributed by atoms with E-state index < -0.39 is 5.60 Å². The molecule has 1 saturated heterocycles. The Morgan fingerprint density at radius 1 is 1.48 bits per heavy atom. The number of hydrogen-bond donors (Lipinski definition) is 1. The molecule has 0 aromatic carbocycles. The number of piperazine rings is 1. The monoisotopic (exact) mass is 331 g/mol. The minimum atomic E-state index is -0.503. The van der Waals surface area contributed by atoms with E-state index in [9.17, 15) is 4.79 Å². The van der Waals surface area contributed by atoms with Gasteiger partial charge in [0, 0.05) is 31.4 Å². The highest BCUT2D eigenvalue weighted by atomic mass is 35.5. The van der Waals surface area contributed by atoms with Crippen LogP contribution in [0.3, 0.4) is 0 Å². The van der Waals surface area contributed by atoms with Crippen LogP contribution >= 0.6 is 23.2 Å². The molecule has 1 aromatic rings. The van der Waals surface area contributed by atoms with E-state index in [-0.39, 0.29) is 12.1 Å². The molecule has 1 aliphatic rings. The Morgan fingerprint density at radius 3 is 2.81 bits per heavy atom. The maximum absolute atomic E-state index is 12.1. The first-order chi connectivity index (χ1) is 9.76. The predicted molar refractivity (Wildman–Crippen MR) is 82.8 cm³/mol. The molecule has 2 rings (SSSR count). The molecule has 1 unspecified atom stereocenters. The van der Waals surface area contributed by atoms with Crippen molar-refractivity contribution in [2.24, 2.45) is 0 Å². The SMILES string of the molecule is CC(C)(C)OC(=O)N1CCNC(c2cnc(Cl)cc2Cl)C1. The summed E-state index contributed by atoms with van der Waals surface area (Å²) in [5, 5.41) is 4.22. The number of nitrogens with zero attached hydrogens (tertiary/aromatic N) is 2. The summed E-state index contributed by atoms with van der Waals surface area (Å²) in [6, 6.07) is 1.52. The summed E-state index contributed by atoms with van der Waals surface area (Å²) in [5.41, 5.74) is 0.325. The van der Waals surface area contributed by atoms with Gasteiger partial charge >= 0.3 is 6.09 Å². The average molecular weight is 332 g/mol. The van der Waals surface area contributed by atoms with Crippen LogP contribution in [0, 0.1) is 0 Å². The lowest BCUT2D eigenvalue weighted by Gasteiger charge is -2.35. The molecule has 1 aliphatic heterocycles. The number of hydrogen-bond acceptors (Lipinski definition) is 4. The molecule has 0 aliphatic carbocycles. The van der Waals surface area contributed by atoms with Gasteiger partial charge in [0.25, 0.3) is 0 Å². The fourth-order valence-corrected chi connectivity index (χ4v) is 2.62. The molecule has 1 fully saturated rings. The van der Waals surface area contributed by atoms with E-state index in [4.69, 9.17) is 27.9 Å². The average Bonchev–Trinajstić information content (AvgIpc) is 2.37. The second kappa shape index (κ2) is 6.38. The third-order valence-electron chi connectivity index (χ3n) is 3.05. The smallest absolute Gasteiger partial charge is 0.410 e. The van der Waals surface area contributed by atoms with E-state index in [1.165, 1.54) is 0 Å². The van der Waals surface area contributed by atoms with Gasteiger partial charge in [-0.2, -0.15) is 0 Å². The van der Waals surface area contributed by atoms with Crippen molar-refractivity contribution in [2.75, 3.05) is 19.6 Å². The van der Waals surface area contributed by atoms with Gasteiger partial charge in [-0.3, -0.25) is 0 Å². The van der Waals surface area contributed by atoms with Gasteiger partial charge in [-0.25, -0.2) is 9.78 Å². The van der Waals surface area contributed by atoms with Gasteiger partial charge in [-0.05, 0) is 26.8 Å². The summed E-state index contributed by atoms with van der Waals surface area (Å²) >= 11 is 12.0. The number of amides is 1. The van der Waals surface area contributed by atoms with Crippen molar-refractivity contribution in [2.45, 2.75) is 32.4 Å². The molecule has 1 atom stereocenters. The van der Waals surface area contributed by atoms with Crippen LogP contribution in [0.25, 0.3) is 0 Å². The molecule has 0 bridgehead atoms. The van der Waals surface area contributed by atoms with E-state index in [1.54, 1.807) is 17.2 Å². The fraction of sp³-hybridized carbons (Fsp3) is 0.571. The van der Waals surface area contributed by atoms with E-state index in [1.807, 2.05) is 20.8 Å². The predicted octanol–water partition coefficient (Wildman–Crippen LogP) is 3.27. The molecule has 2 heterocycles. The normalized spacial score (nSPS) is 19.5. The molecule has 1 amide bonds. The molecule has 0 radical (unpaired) electrons. The molecule has 5 nitrogen and oxygen atoms in total. The van der Waals surface area contributed by atoms with Crippen molar-refractivity contribution < 1.29 is 9.53 Å². The van der Waals surface area contributed by atoms with Crippen molar-refractivity contribution in [3.63, 3.8) is 0 Å². The van der Waals surface area contributed by atoms with Gasteiger partial charge in [-0.1, -0.05) is 23.2 Å². The van der Waals surface area contributed by atoms with Crippen LogP contribution in [0.1, 0.15) is 32.4 Å². The summed E-state index contributed by atoms with van der Waals surface area (Å²) in [7, 11) is 0. The molecule has 1 aromatic heterocycles. The molecule has 7 heteroatoms. The van der Waals surface area contributed by atoms with Crippen molar-refractivity contribution in [3.8, 4) is 0 Å². The number of nitrogens with one attached hydrogen (secondary N) is 1. The van der Waals surface area contributed by atoms with Gasteiger partial charge in [0.05, 0.1) is 11.1 Å². The Labute approximate surface area is 134 Å². The van der Waals surface area contributed by atoms with Crippen molar-refractivity contribution in [1.82, 2.24) is 15.2 Å². The number of ether oxygens (including phenoxy) is 1. The van der Waals surface area contributed by atoms with Gasteiger partial charge < -0.3 is 15.0 Å². The zero-order valence-electron chi connectivity index (χ0n) is 12.3. The molecule has 0 saturated carbocycles. The first kappa shape index (κ1) is 16.3. The van der Waals surface area contributed by atoms with Crippen molar-refractivity contribution >= 4 is 29.3 Å². The Balaban J connectivity index is 2.08. The highest BCUT2D eigenvalue weighted by Gasteiger charge is 2.29. The molecule has 0 spiro atoms. The Kier molecular flexibility index (Phi) is 4.96. The summed E-state index contributed by atoms with van der Waals surface area (Å²) in [6.45, 7) is 7.31. The maximum Gasteiger partial charge on any atom is 0.410 e. The second-order valence-electron chi connectivity index (χ2n) is 5.96. The van der Waals surface area contributed by atoms with Crippen molar-refractivity contribution in [1.29, 1.82) is 0 Å². The van der Waals surface area contributed by atoms with Crippen LogP contribution in [-0.2, 0) is 4.74 Å². The quantitative estimate of drug-likeness (QED) is 0.802. The highest BCUT2D eigenvalue weighted by Crippen LogP contribution is 2.27. The summed E-state index contributed by atoms with van der Waals surface area (Å²) in [4.78, 5) is 17.9. The third kappa shape index (κ3) is 4.46. The minimum absolute atomic E-state index is 0.0801. The van der Waals surface area contributed by atoms with Gasteiger partial charge in [-0.15, -0.1) is 0 Å². The zero-order valence-corrected chi connectivity index (χ0v) is 13.8. The van der Waals surface area contributed by atoms with Gasteiger partial charge in [0.15, 0.2) is 0 Å². The fourth-order valence-electron chi connectivity index (χ4n) is 2.13. The lowest BCUT2D eigenvalue weighted by molar-refractivity contribution is 0.0195. The lowest BCUT2D eigenvalue weighted by atomic mass is 10.1. The van der Waals surface area contributed by atoms with E-state index in [2.05, 4.69) is 10.3 Å². The number of carbonyl (C=O) groups excluding carboxylic acids is 1. The highest BCUT2D eigenvalue weighted by molar-refractivity contribution is 6.34. The second-order valence-corrected chi connectivity index (χ2v) is 6.76. The lowest BCUT2D eigenvalue weighted by Crippen LogP contribution is -2.49. The first-order valence-electron chi connectivity index (χ1n) is 6.78. The summed E-state index contributed by atoms with van der Waals surface area (Å²) in [5.74, 6) is 0. The first-order valence-corrected chi connectivity index (χ1v) is 7.54. The number of halogens is 2. The number of carbonyl (C=O) groups is 1. The van der Waals surface area contributed by atoms with Crippen LogP contribution in [0.4, 0.5) is 4.79 Å². The zero-order chi connectivity index (χ0) is 15.6. The summed E-state index contributed by atoms with van der Waals surface area (Å²) in [6.07, 6.45) is 1.33. The van der Waals surface area contributed by atoms with E-state index >= 15 is 0 Å². The molecule has 21 heavy (non-hydrogen) atoms. The van der Waals surface area contributed by atoms with Crippen molar-refractivity contribution in [3.05, 3.63) is 28.0 Å². The third-order valence-corrected chi connectivity index (χ3v) is 3.59. The Hall–Kier alpha value is -1.04. The van der Waals surface area contributed by atoms with Crippen LogP contribution in [0.15, 0.2) is 12.3 Å². The standard InChI is InChI=1S/C14H19Cl2N3O2/c1-14(2,3)21-13(20)19-5-4-17-11(8-19)9-7-18-12(16)6-10(9)15/h6-7,11,17H,4-5,8H2,1-3H3. The van der Waals surface area contributed by atoms with Gasteiger partial charge in [0.2, 0.25) is 0 Å². The molecular weight excluding hydrogens is 313 g/mol. The maximum atomic E-state index is 12.1. The number of pyridine rings is 1. The van der Waals surface area contributed by atoms with Crippen LogP contribution in [0.5, 0.6) is 0 Å².